The van der Waals surface area contributed by atoms with Crippen molar-refractivity contribution in [2.45, 2.75) is 19.0 Å². The van der Waals surface area contributed by atoms with E-state index in [0.717, 1.165) is 5.56 Å². The summed E-state index contributed by atoms with van der Waals surface area (Å²) in [6, 6.07) is 2.25. The van der Waals surface area contributed by atoms with Gasteiger partial charge in [0.1, 0.15) is 11.9 Å². The van der Waals surface area contributed by atoms with E-state index in [0.29, 0.717) is 18.5 Å². The molecule has 1 N–H and O–H groups in total. The first-order chi connectivity index (χ1) is 9.06. The van der Waals surface area contributed by atoms with E-state index in [-0.39, 0.29) is 11.5 Å². The molecule has 1 aliphatic heterocycles. The molecule has 1 atom stereocenters. The third-order valence-corrected chi connectivity index (χ3v) is 3.14. The topological polar surface area (TPSA) is 64.6 Å². The second-order valence-electron chi connectivity index (χ2n) is 4.25. The first-order valence-electron chi connectivity index (χ1n) is 5.77. The van der Waals surface area contributed by atoms with Crippen molar-refractivity contribution >= 4 is 11.9 Å². The summed E-state index contributed by atoms with van der Waals surface area (Å²) in [5, 5.41) is 2.98. The van der Waals surface area contributed by atoms with Gasteiger partial charge in [0.25, 0.3) is 0 Å². The Balaban J connectivity index is 2.30. The lowest BCUT2D eigenvalue weighted by atomic mass is 9.93. The maximum Gasteiger partial charge on any atom is 0.340 e. The molecule has 1 aliphatic rings. The zero-order chi connectivity index (χ0) is 14.0. The number of esters is 2. The summed E-state index contributed by atoms with van der Waals surface area (Å²) >= 11 is 0. The third kappa shape index (κ3) is 2.58. The van der Waals surface area contributed by atoms with E-state index in [1.165, 1.54) is 26.4 Å². The predicted octanol–water partition coefficient (Wildman–Crippen LogP) is 0.800. The van der Waals surface area contributed by atoms with Crippen molar-refractivity contribution in [3.8, 4) is 0 Å². The van der Waals surface area contributed by atoms with Crippen LogP contribution in [0.5, 0.6) is 0 Å². The molecule has 1 heterocycles. The summed E-state index contributed by atoms with van der Waals surface area (Å²) in [5.41, 5.74) is 1.38. The van der Waals surface area contributed by atoms with Crippen molar-refractivity contribution in [1.82, 2.24) is 5.32 Å². The number of benzene rings is 1. The molecule has 0 bridgehead atoms. The van der Waals surface area contributed by atoms with Crippen molar-refractivity contribution in [1.29, 1.82) is 0 Å². The van der Waals surface area contributed by atoms with Gasteiger partial charge in [-0.2, -0.15) is 0 Å². The molecule has 5 nitrogen and oxygen atoms in total. The van der Waals surface area contributed by atoms with Crippen molar-refractivity contribution in [3.63, 3.8) is 0 Å². The lowest BCUT2D eigenvalue weighted by Crippen LogP contribution is -2.42. The lowest BCUT2D eigenvalue weighted by molar-refractivity contribution is -0.143. The van der Waals surface area contributed by atoms with E-state index < -0.39 is 17.8 Å². The van der Waals surface area contributed by atoms with E-state index in [2.05, 4.69) is 14.8 Å². The number of carbonyl (C=O) groups excluding carboxylic acids is 2. The quantitative estimate of drug-likeness (QED) is 0.803. The Bertz CT molecular complexity index is 530. The first kappa shape index (κ1) is 13.5. The molecular weight excluding hydrogens is 253 g/mol. The molecule has 1 aromatic rings. The molecule has 1 unspecified atom stereocenters. The average molecular weight is 267 g/mol. The summed E-state index contributed by atoms with van der Waals surface area (Å²) in [7, 11) is 2.51. The maximum atomic E-state index is 13.8. The van der Waals surface area contributed by atoms with Crippen molar-refractivity contribution < 1.29 is 23.5 Å². The number of hydrogen-bond donors (Lipinski definition) is 1. The van der Waals surface area contributed by atoms with Gasteiger partial charge in [-0.05, 0) is 29.7 Å². The van der Waals surface area contributed by atoms with E-state index in [4.69, 9.17) is 0 Å². The molecule has 0 aromatic heterocycles. The monoisotopic (exact) mass is 267 g/mol. The molecule has 0 amide bonds. The van der Waals surface area contributed by atoms with Crippen LogP contribution >= 0.6 is 0 Å². The van der Waals surface area contributed by atoms with Crippen molar-refractivity contribution in [2.24, 2.45) is 0 Å². The first-order valence-corrected chi connectivity index (χ1v) is 5.77. The van der Waals surface area contributed by atoms with Crippen molar-refractivity contribution in [2.75, 3.05) is 14.2 Å². The number of hydrogen-bond acceptors (Lipinski definition) is 5. The Morgan fingerprint density at radius 2 is 2.00 bits per heavy atom. The fourth-order valence-electron chi connectivity index (χ4n) is 2.11. The molecule has 0 spiro atoms. The highest BCUT2D eigenvalue weighted by Crippen LogP contribution is 2.22. The van der Waals surface area contributed by atoms with Gasteiger partial charge in [0.2, 0.25) is 0 Å². The van der Waals surface area contributed by atoms with Crippen LogP contribution in [0.1, 0.15) is 21.5 Å². The molecule has 0 saturated carbocycles. The van der Waals surface area contributed by atoms with Crippen LogP contribution in [-0.2, 0) is 27.2 Å². The number of nitrogens with one attached hydrogen (secondary N) is 1. The predicted molar refractivity (Wildman–Crippen MR) is 64.1 cm³/mol. The Kier molecular flexibility index (Phi) is 3.80. The minimum absolute atomic E-state index is 0.0976. The molecule has 6 heteroatoms. The van der Waals surface area contributed by atoms with Crippen molar-refractivity contribution in [3.05, 3.63) is 34.6 Å². The number of ether oxygens (including phenoxy) is 2. The fraction of sp³-hybridized carbons (Fsp3) is 0.385. The lowest BCUT2D eigenvalue weighted by Gasteiger charge is -2.24. The highest BCUT2D eigenvalue weighted by atomic mass is 19.1. The van der Waals surface area contributed by atoms with Gasteiger partial charge in [-0.1, -0.05) is 0 Å². The molecule has 19 heavy (non-hydrogen) atoms. The average Bonchev–Trinajstić information content (AvgIpc) is 2.44. The summed E-state index contributed by atoms with van der Waals surface area (Å²) in [6.07, 6.45) is 0.334. The summed E-state index contributed by atoms with van der Waals surface area (Å²) in [4.78, 5) is 22.8. The van der Waals surface area contributed by atoms with Gasteiger partial charge in [-0.25, -0.2) is 9.18 Å². The van der Waals surface area contributed by atoms with Gasteiger partial charge < -0.3 is 14.8 Å². The van der Waals surface area contributed by atoms with Crippen LogP contribution in [0, 0.1) is 5.82 Å². The molecular formula is C13H14FNO4. The molecule has 0 saturated heterocycles. The van der Waals surface area contributed by atoms with Crippen LogP contribution in [0.25, 0.3) is 0 Å². The van der Waals surface area contributed by atoms with E-state index in [1.54, 1.807) is 0 Å². The zero-order valence-corrected chi connectivity index (χ0v) is 10.7. The number of fused-ring (bicyclic) bond motifs is 1. The number of rotatable bonds is 2. The standard InChI is InChI=1S/C13H14FNO4/c1-18-12(16)9-3-8-6-15-11(13(17)19-2)5-7(8)4-10(9)14/h3-4,11,15H,5-6H2,1-2H3. The van der Waals surface area contributed by atoms with Gasteiger partial charge in [-0.15, -0.1) is 0 Å². The number of halogens is 1. The highest BCUT2D eigenvalue weighted by Gasteiger charge is 2.27. The Morgan fingerprint density at radius 1 is 1.26 bits per heavy atom. The Hall–Kier alpha value is -1.95. The largest absolute Gasteiger partial charge is 0.468 e. The van der Waals surface area contributed by atoms with E-state index >= 15 is 0 Å². The van der Waals surface area contributed by atoms with E-state index in [9.17, 15) is 14.0 Å². The van der Waals surface area contributed by atoms with Gasteiger partial charge in [0, 0.05) is 6.54 Å². The molecule has 1 aromatic carbocycles. The summed E-state index contributed by atoms with van der Waals surface area (Å²) < 4.78 is 22.9. The Labute approximate surface area is 109 Å². The van der Waals surface area contributed by atoms with Gasteiger partial charge in [0.05, 0.1) is 19.8 Å². The highest BCUT2D eigenvalue weighted by molar-refractivity contribution is 5.90. The molecule has 0 fully saturated rings. The SMILES string of the molecule is COC(=O)c1cc2c(cc1F)CC(C(=O)OC)NC2. The maximum absolute atomic E-state index is 13.8. The Morgan fingerprint density at radius 3 is 2.63 bits per heavy atom. The van der Waals surface area contributed by atoms with Crippen LogP contribution in [0.4, 0.5) is 4.39 Å². The fourth-order valence-corrected chi connectivity index (χ4v) is 2.11. The van der Waals surface area contributed by atoms with Gasteiger partial charge >= 0.3 is 11.9 Å². The van der Waals surface area contributed by atoms with Crippen LogP contribution in [0.2, 0.25) is 0 Å². The van der Waals surface area contributed by atoms with Crippen LogP contribution in [0.3, 0.4) is 0 Å². The normalized spacial score (nSPS) is 17.5. The van der Waals surface area contributed by atoms with Crippen LogP contribution < -0.4 is 5.32 Å². The van der Waals surface area contributed by atoms with Gasteiger partial charge in [0.15, 0.2) is 0 Å². The smallest absolute Gasteiger partial charge is 0.340 e. The minimum Gasteiger partial charge on any atom is -0.468 e. The second-order valence-corrected chi connectivity index (χ2v) is 4.25. The molecule has 102 valence electrons. The third-order valence-electron chi connectivity index (χ3n) is 3.14. The van der Waals surface area contributed by atoms with E-state index in [1.807, 2.05) is 0 Å². The summed E-state index contributed by atoms with van der Waals surface area (Å²) in [6.45, 7) is 0.374. The minimum atomic E-state index is -0.713. The number of methoxy groups -OCH3 is 2. The summed E-state index contributed by atoms with van der Waals surface area (Å²) in [5.74, 6) is -1.74. The van der Waals surface area contributed by atoms with Crippen LogP contribution in [0.15, 0.2) is 12.1 Å². The number of carbonyl (C=O) groups is 2. The molecule has 2 rings (SSSR count). The zero-order valence-electron chi connectivity index (χ0n) is 10.7. The molecule has 0 radical (unpaired) electrons. The second kappa shape index (κ2) is 5.36. The van der Waals surface area contributed by atoms with Gasteiger partial charge in [-0.3, -0.25) is 4.79 Å². The van der Waals surface area contributed by atoms with Crippen LogP contribution in [-0.4, -0.2) is 32.2 Å². The molecule has 0 aliphatic carbocycles.